The molecule has 34 heavy (non-hydrogen) atoms. The molecular formula is C25H20FN3O5. The minimum absolute atomic E-state index is 0.139. The number of imide groups is 2. The molecule has 0 bridgehead atoms. The predicted molar refractivity (Wildman–Crippen MR) is 122 cm³/mol. The molecule has 0 atom stereocenters. The Balaban J connectivity index is 1.70. The normalized spacial score (nSPS) is 15.0. The number of urea groups is 1. The second-order valence-electron chi connectivity index (χ2n) is 7.68. The molecule has 0 radical (unpaired) electrons. The van der Waals surface area contributed by atoms with E-state index in [1.165, 1.54) is 25.1 Å². The number of aryl methyl sites for hydroxylation is 1. The van der Waals surface area contributed by atoms with E-state index < -0.39 is 29.6 Å². The van der Waals surface area contributed by atoms with Gasteiger partial charge in [-0.15, -0.1) is 0 Å². The number of esters is 1. The van der Waals surface area contributed by atoms with E-state index in [9.17, 15) is 23.6 Å². The van der Waals surface area contributed by atoms with Crippen LogP contribution in [0.4, 0.5) is 14.9 Å². The molecule has 9 heteroatoms. The molecule has 0 aliphatic carbocycles. The maximum Gasteiger partial charge on any atom is 0.335 e. The summed E-state index contributed by atoms with van der Waals surface area (Å²) in [5.41, 5.74) is 2.89. The largest absolute Gasteiger partial charge is 0.427 e. The number of amides is 4. The average Bonchev–Trinajstić information content (AvgIpc) is 3.05. The van der Waals surface area contributed by atoms with Crippen LogP contribution in [-0.2, 0) is 14.4 Å². The van der Waals surface area contributed by atoms with E-state index in [4.69, 9.17) is 4.74 Å². The highest BCUT2D eigenvalue weighted by molar-refractivity contribution is 6.39. The molecular weight excluding hydrogens is 441 g/mol. The maximum atomic E-state index is 13.3. The number of carbonyl (C=O) groups is 4. The van der Waals surface area contributed by atoms with Crippen molar-refractivity contribution in [1.82, 2.24) is 9.88 Å². The van der Waals surface area contributed by atoms with Crippen LogP contribution in [0.1, 0.15) is 23.9 Å². The summed E-state index contributed by atoms with van der Waals surface area (Å²) >= 11 is 0. The number of halogens is 1. The van der Waals surface area contributed by atoms with Crippen LogP contribution >= 0.6 is 0 Å². The number of anilines is 1. The standard InChI is InChI=1S/C25H20FN3O5/c1-14-12-17(15(2)28(14)19-8-10-21(11-9-19)34-16(3)30)13-22-23(31)27-25(33)29(24(22)32)20-6-4-18(26)5-7-20/h4-13H,1-3H3,(H,27,31,33)/b22-13+. The third-order valence-corrected chi connectivity index (χ3v) is 5.31. The van der Waals surface area contributed by atoms with Crippen LogP contribution < -0.4 is 15.0 Å². The highest BCUT2D eigenvalue weighted by Crippen LogP contribution is 2.27. The Morgan fingerprint density at radius 2 is 1.59 bits per heavy atom. The molecule has 0 unspecified atom stereocenters. The minimum atomic E-state index is -0.905. The van der Waals surface area contributed by atoms with Crippen LogP contribution in [0.15, 0.2) is 60.2 Å². The summed E-state index contributed by atoms with van der Waals surface area (Å²) in [5, 5.41) is 2.15. The van der Waals surface area contributed by atoms with Gasteiger partial charge in [0, 0.05) is 24.0 Å². The summed E-state index contributed by atoms with van der Waals surface area (Å²) in [5.74, 6) is -2.15. The monoisotopic (exact) mass is 461 g/mol. The molecule has 2 aromatic carbocycles. The van der Waals surface area contributed by atoms with Crippen LogP contribution in [0.25, 0.3) is 11.8 Å². The second-order valence-corrected chi connectivity index (χ2v) is 7.68. The van der Waals surface area contributed by atoms with Gasteiger partial charge in [0.05, 0.1) is 5.69 Å². The van der Waals surface area contributed by atoms with E-state index in [-0.39, 0.29) is 11.3 Å². The quantitative estimate of drug-likeness (QED) is 0.276. The predicted octanol–water partition coefficient (Wildman–Crippen LogP) is 3.82. The molecule has 2 heterocycles. The number of ether oxygens (including phenoxy) is 1. The van der Waals surface area contributed by atoms with Gasteiger partial charge in [-0.2, -0.15) is 0 Å². The molecule has 4 amide bonds. The zero-order valence-corrected chi connectivity index (χ0v) is 18.6. The van der Waals surface area contributed by atoms with E-state index in [1.54, 1.807) is 24.3 Å². The Morgan fingerprint density at radius 1 is 0.971 bits per heavy atom. The zero-order chi connectivity index (χ0) is 24.6. The number of rotatable bonds is 4. The van der Waals surface area contributed by atoms with Crippen LogP contribution in [0.3, 0.4) is 0 Å². The lowest BCUT2D eigenvalue weighted by atomic mass is 10.1. The van der Waals surface area contributed by atoms with Crippen molar-refractivity contribution in [3.8, 4) is 11.4 Å². The van der Waals surface area contributed by atoms with Crippen LogP contribution in [-0.4, -0.2) is 28.4 Å². The van der Waals surface area contributed by atoms with Crippen molar-refractivity contribution in [2.24, 2.45) is 0 Å². The van der Waals surface area contributed by atoms with Gasteiger partial charge in [-0.3, -0.25) is 19.7 Å². The molecule has 0 saturated carbocycles. The first-order valence-corrected chi connectivity index (χ1v) is 10.3. The van der Waals surface area contributed by atoms with Crippen molar-refractivity contribution >= 4 is 35.6 Å². The molecule has 4 rings (SSSR count). The van der Waals surface area contributed by atoms with Crippen molar-refractivity contribution in [1.29, 1.82) is 0 Å². The van der Waals surface area contributed by atoms with Crippen molar-refractivity contribution in [3.05, 3.63) is 82.9 Å². The molecule has 1 aliphatic heterocycles. The van der Waals surface area contributed by atoms with Crippen molar-refractivity contribution in [2.45, 2.75) is 20.8 Å². The second kappa shape index (κ2) is 8.78. The number of hydrogen-bond donors (Lipinski definition) is 1. The Bertz CT molecular complexity index is 1350. The smallest absolute Gasteiger partial charge is 0.335 e. The summed E-state index contributed by atoms with van der Waals surface area (Å²) in [6.45, 7) is 5.01. The molecule has 1 aliphatic rings. The number of nitrogens with one attached hydrogen (secondary N) is 1. The Kier molecular flexibility index (Phi) is 5.85. The van der Waals surface area contributed by atoms with Gasteiger partial charge in [-0.05, 0) is 80.1 Å². The van der Waals surface area contributed by atoms with Crippen LogP contribution in [0.2, 0.25) is 0 Å². The molecule has 0 spiro atoms. The highest BCUT2D eigenvalue weighted by Gasteiger charge is 2.37. The summed E-state index contributed by atoms with van der Waals surface area (Å²) < 4.78 is 20.3. The van der Waals surface area contributed by atoms with Gasteiger partial charge in [-0.1, -0.05) is 0 Å². The van der Waals surface area contributed by atoms with Gasteiger partial charge in [0.15, 0.2) is 0 Å². The fraction of sp³-hybridized carbons (Fsp3) is 0.120. The van der Waals surface area contributed by atoms with Crippen molar-refractivity contribution in [3.63, 3.8) is 0 Å². The van der Waals surface area contributed by atoms with E-state index >= 15 is 0 Å². The summed E-state index contributed by atoms with van der Waals surface area (Å²) in [6.07, 6.45) is 1.42. The Morgan fingerprint density at radius 3 is 2.21 bits per heavy atom. The summed E-state index contributed by atoms with van der Waals surface area (Å²) in [7, 11) is 0. The van der Waals surface area contributed by atoms with E-state index in [2.05, 4.69) is 5.32 Å². The molecule has 3 aromatic rings. The molecule has 1 saturated heterocycles. The Labute approximate surface area is 194 Å². The van der Waals surface area contributed by atoms with Gasteiger partial charge >= 0.3 is 12.0 Å². The topological polar surface area (TPSA) is 97.7 Å². The van der Waals surface area contributed by atoms with E-state index in [0.717, 1.165) is 34.1 Å². The van der Waals surface area contributed by atoms with Crippen molar-refractivity contribution < 1.29 is 28.3 Å². The number of aromatic nitrogens is 1. The summed E-state index contributed by atoms with van der Waals surface area (Å²) in [6, 6.07) is 12.6. The van der Waals surface area contributed by atoms with Gasteiger partial charge in [0.2, 0.25) is 0 Å². The molecule has 8 nitrogen and oxygen atoms in total. The lowest BCUT2D eigenvalue weighted by Gasteiger charge is -2.26. The lowest BCUT2D eigenvalue weighted by Crippen LogP contribution is -2.54. The maximum absolute atomic E-state index is 13.3. The first-order valence-electron chi connectivity index (χ1n) is 10.3. The van der Waals surface area contributed by atoms with Gasteiger partial charge in [0.25, 0.3) is 11.8 Å². The lowest BCUT2D eigenvalue weighted by molar-refractivity contribution is -0.132. The van der Waals surface area contributed by atoms with Crippen LogP contribution in [0.5, 0.6) is 5.75 Å². The minimum Gasteiger partial charge on any atom is -0.427 e. The van der Waals surface area contributed by atoms with E-state index in [0.29, 0.717) is 11.3 Å². The third-order valence-electron chi connectivity index (χ3n) is 5.31. The van der Waals surface area contributed by atoms with E-state index in [1.807, 2.05) is 24.5 Å². The fourth-order valence-corrected chi connectivity index (χ4v) is 3.80. The van der Waals surface area contributed by atoms with Gasteiger partial charge < -0.3 is 9.30 Å². The summed E-state index contributed by atoms with van der Waals surface area (Å²) in [4.78, 5) is 49.8. The fourth-order valence-electron chi connectivity index (χ4n) is 3.80. The SMILES string of the molecule is CC(=O)Oc1ccc(-n2c(C)cc(/C=C3\C(=O)NC(=O)N(c4ccc(F)cc4)C3=O)c2C)cc1. The zero-order valence-electron chi connectivity index (χ0n) is 18.6. The Hall–Kier alpha value is -4.53. The van der Waals surface area contributed by atoms with Crippen molar-refractivity contribution in [2.75, 3.05) is 4.90 Å². The number of carbonyl (C=O) groups excluding carboxylic acids is 4. The molecule has 1 fully saturated rings. The van der Waals surface area contributed by atoms with Gasteiger partial charge in [0.1, 0.15) is 17.1 Å². The molecule has 172 valence electrons. The number of barbiturate groups is 1. The number of benzene rings is 2. The number of hydrogen-bond acceptors (Lipinski definition) is 5. The third kappa shape index (κ3) is 4.23. The molecule has 1 N–H and O–H groups in total. The molecule has 1 aromatic heterocycles. The highest BCUT2D eigenvalue weighted by atomic mass is 19.1. The van der Waals surface area contributed by atoms with Crippen LogP contribution in [0, 0.1) is 19.7 Å². The first kappa shape index (κ1) is 22.7. The van der Waals surface area contributed by atoms with Gasteiger partial charge in [-0.25, -0.2) is 14.1 Å². The average molecular weight is 461 g/mol. The first-order chi connectivity index (χ1) is 16.2. The number of nitrogens with zero attached hydrogens (tertiary/aromatic N) is 2.